The molecule has 0 bridgehead atoms. The van der Waals surface area contributed by atoms with E-state index in [0.29, 0.717) is 5.71 Å². The van der Waals surface area contributed by atoms with Crippen LogP contribution < -0.4 is 5.43 Å². The number of amides is 1. The Morgan fingerprint density at radius 2 is 2.16 bits per heavy atom. The van der Waals surface area contributed by atoms with E-state index in [1.165, 1.54) is 16.9 Å². The third-order valence-electron chi connectivity index (χ3n) is 3.99. The summed E-state index contributed by atoms with van der Waals surface area (Å²) >= 11 is 1.53. The zero-order valence-electron chi connectivity index (χ0n) is 14.8. The molecule has 0 saturated carbocycles. The van der Waals surface area contributed by atoms with Crippen LogP contribution in [0.15, 0.2) is 33.1 Å². The summed E-state index contributed by atoms with van der Waals surface area (Å²) in [7, 11) is 0. The Labute approximate surface area is 150 Å². The first-order valence-electron chi connectivity index (χ1n) is 8.24. The minimum absolute atomic E-state index is 0.186. The SMILES string of the molecule is CCc1c(/C(C)=N\NC(=O)Cc2csc(C)n2)oc2ccc(C)cc12. The smallest absolute Gasteiger partial charge is 0.246 e. The summed E-state index contributed by atoms with van der Waals surface area (Å²) in [5.74, 6) is 0.544. The number of carbonyl (C=O) groups excluding carboxylic acids is 1. The summed E-state index contributed by atoms with van der Waals surface area (Å²) in [4.78, 5) is 16.3. The van der Waals surface area contributed by atoms with Crippen LogP contribution in [0.1, 0.15) is 41.4 Å². The van der Waals surface area contributed by atoms with Crippen LogP contribution in [0.5, 0.6) is 0 Å². The standard InChI is InChI=1S/C19H21N3O2S/c1-5-15-16-8-11(2)6-7-17(16)24-19(15)12(3)21-22-18(23)9-14-10-25-13(4)20-14/h6-8,10H,5,9H2,1-4H3,(H,22,23)/b21-12-. The van der Waals surface area contributed by atoms with Crippen molar-refractivity contribution >= 4 is 33.9 Å². The molecular formula is C19H21N3O2S. The highest BCUT2D eigenvalue weighted by Gasteiger charge is 2.15. The molecule has 3 aromatic rings. The summed E-state index contributed by atoms with van der Waals surface area (Å²) in [6.45, 7) is 7.92. The van der Waals surface area contributed by atoms with Crippen molar-refractivity contribution in [2.24, 2.45) is 5.10 Å². The molecule has 0 spiro atoms. The lowest BCUT2D eigenvalue weighted by atomic mass is 10.0. The van der Waals surface area contributed by atoms with E-state index < -0.39 is 0 Å². The highest BCUT2D eigenvalue weighted by atomic mass is 32.1. The van der Waals surface area contributed by atoms with Crippen molar-refractivity contribution < 1.29 is 9.21 Å². The average molecular weight is 355 g/mol. The predicted octanol–water partition coefficient (Wildman–Crippen LogP) is 4.15. The van der Waals surface area contributed by atoms with Crippen LogP contribution in [0.3, 0.4) is 0 Å². The molecule has 0 aliphatic rings. The molecule has 0 unspecified atom stereocenters. The average Bonchev–Trinajstić information content (AvgIpc) is 3.15. The molecule has 5 nitrogen and oxygen atoms in total. The summed E-state index contributed by atoms with van der Waals surface area (Å²) < 4.78 is 5.97. The number of hydrogen-bond donors (Lipinski definition) is 1. The lowest BCUT2D eigenvalue weighted by molar-refractivity contribution is -0.120. The number of nitrogens with zero attached hydrogens (tertiary/aromatic N) is 2. The number of aryl methyl sites for hydroxylation is 3. The summed E-state index contributed by atoms with van der Waals surface area (Å²) in [6.07, 6.45) is 1.06. The second-order valence-corrected chi connectivity index (χ2v) is 7.09. The minimum Gasteiger partial charge on any atom is -0.454 e. The van der Waals surface area contributed by atoms with Crippen LogP contribution in [0.25, 0.3) is 11.0 Å². The van der Waals surface area contributed by atoms with Crippen LogP contribution in [0, 0.1) is 13.8 Å². The van der Waals surface area contributed by atoms with E-state index in [9.17, 15) is 4.79 Å². The molecule has 0 radical (unpaired) electrons. The van der Waals surface area contributed by atoms with Gasteiger partial charge < -0.3 is 4.42 Å². The van der Waals surface area contributed by atoms with Crippen molar-refractivity contribution in [2.45, 2.75) is 40.5 Å². The van der Waals surface area contributed by atoms with Crippen molar-refractivity contribution in [3.63, 3.8) is 0 Å². The van der Waals surface area contributed by atoms with Crippen molar-refractivity contribution in [1.29, 1.82) is 0 Å². The maximum Gasteiger partial charge on any atom is 0.246 e. The molecule has 3 rings (SSSR count). The Morgan fingerprint density at radius 3 is 2.84 bits per heavy atom. The Morgan fingerprint density at radius 1 is 1.36 bits per heavy atom. The number of furan rings is 1. The number of carbonyl (C=O) groups is 1. The van der Waals surface area contributed by atoms with Gasteiger partial charge in [0.15, 0.2) is 5.76 Å². The van der Waals surface area contributed by atoms with Gasteiger partial charge in [-0.25, -0.2) is 10.4 Å². The topological polar surface area (TPSA) is 67.5 Å². The maximum absolute atomic E-state index is 12.0. The minimum atomic E-state index is -0.186. The normalized spacial score (nSPS) is 11.9. The number of thiazole rings is 1. The second-order valence-electron chi connectivity index (χ2n) is 6.03. The fourth-order valence-corrected chi connectivity index (χ4v) is 3.41. The van der Waals surface area contributed by atoms with E-state index in [2.05, 4.69) is 35.4 Å². The Balaban J connectivity index is 1.80. The van der Waals surface area contributed by atoms with Crippen LogP contribution in [0.4, 0.5) is 0 Å². The van der Waals surface area contributed by atoms with E-state index in [1.54, 1.807) is 0 Å². The lowest BCUT2D eigenvalue weighted by Crippen LogP contribution is -2.21. The summed E-state index contributed by atoms with van der Waals surface area (Å²) in [6, 6.07) is 6.13. The number of hydrazone groups is 1. The van der Waals surface area contributed by atoms with Gasteiger partial charge >= 0.3 is 0 Å². The second kappa shape index (κ2) is 7.19. The molecule has 1 aromatic carbocycles. The first-order valence-corrected chi connectivity index (χ1v) is 9.12. The van der Waals surface area contributed by atoms with Gasteiger partial charge in [0, 0.05) is 16.3 Å². The quantitative estimate of drug-likeness (QED) is 0.552. The largest absolute Gasteiger partial charge is 0.454 e. The van der Waals surface area contributed by atoms with Crippen LogP contribution in [0.2, 0.25) is 0 Å². The lowest BCUT2D eigenvalue weighted by Gasteiger charge is -2.02. The van der Waals surface area contributed by atoms with Crippen LogP contribution in [-0.4, -0.2) is 16.6 Å². The zero-order chi connectivity index (χ0) is 18.0. The highest BCUT2D eigenvalue weighted by Crippen LogP contribution is 2.28. The Hall–Kier alpha value is -2.47. The fourth-order valence-electron chi connectivity index (χ4n) is 2.80. The van der Waals surface area contributed by atoms with Crippen LogP contribution >= 0.6 is 11.3 Å². The van der Waals surface area contributed by atoms with Crippen molar-refractivity contribution in [2.75, 3.05) is 0 Å². The summed E-state index contributed by atoms with van der Waals surface area (Å²) in [5.41, 5.74) is 7.17. The van der Waals surface area contributed by atoms with Crippen molar-refractivity contribution in [3.05, 3.63) is 51.2 Å². The predicted molar refractivity (Wildman–Crippen MR) is 101 cm³/mol. The molecule has 1 amide bonds. The Kier molecular flexibility index (Phi) is 4.99. The number of nitrogens with one attached hydrogen (secondary N) is 1. The molecule has 0 aliphatic heterocycles. The molecular weight excluding hydrogens is 334 g/mol. The van der Waals surface area contributed by atoms with Gasteiger partial charge in [0.05, 0.1) is 17.1 Å². The molecule has 2 aromatic heterocycles. The van der Waals surface area contributed by atoms with E-state index in [4.69, 9.17) is 4.42 Å². The third-order valence-corrected chi connectivity index (χ3v) is 4.81. The zero-order valence-corrected chi connectivity index (χ0v) is 15.7. The fraction of sp³-hybridized carbons (Fsp3) is 0.316. The van der Waals surface area contributed by atoms with Gasteiger partial charge in [-0.1, -0.05) is 18.6 Å². The molecule has 6 heteroatoms. The van der Waals surface area contributed by atoms with Crippen molar-refractivity contribution in [1.82, 2.24) is 10.4 Å². The van der Waals surface area contributed by atoms with E-state index in [-0.39, 0.29) is 12.3 Å². The molecule has 2 heterocycles. The number of hydrogen-bond acceptors (Lipinski definition) is 5. The van der Waals surface area contributed by atoms with E-state index in [0.717, 1.165) is 39.4 Å². The van der Waals surface area contributed by atoms with Crippen molar-refractivity contribution in [3.8, 4) is 0 Å². The molecule has 130 valence electrons. The van der Waals surface area contributed by atoms with Gasteiger partial charge in [-0.3, -0.25) is 4.79 Å². The number of rotatable bonds is 5. The number of benzene rings is 1. The van der Waals surface area contributed by atoms with E-state index in [1.807, 2.05) is 31.4 Å². The van der Waals surface area contributed by atoms with E-state index >= 15 is 0 Å². The number of aromatic nitrogens is 1. The summed E-state index contributed by atoms with van der Waals surface area (Å²) in [5, 5.41) is 8.17. The molecule has 1 N–H and O–H groups in total. The molecule has 0 fully saturated rings. The highest BCUT2D eigenvalue weighted by molar-refractivity contribution is 7.09. The maximum atomic E-state index is 12.0. The molecule has 0 atom stereocenters. The van der Waals surface area contributed by atoms with Gasteiger partial charge in [0.25, 0.3) is 0 Å². The van der Waals surface area contributed by atoms with Gasteiger partial charge in [0.1, 0.15) is 11.3 Å². The van der Waals surface area contributed by atoms with Gasteiger partial charge in [-0.15, -0.1) is 11.3 Å². The molecule has 0 saturated heterocycles. The monoisotopic (exact) mass is 355 g/mol. The van der Waals surface area contributed by atoms with Gasteiger partial charge in [-0.2, -0.15) is 5.10 Å². The van der Waals surface area contributed by atoms with Crippen LogP contribution in [-0.2, 0) is 17.6 Å². The first kappa shape index (κ1) is 17.4. The molecule has 25 heavy (non-hydrogen) atoms. The first-order chi connectivity index (χ1) is 12.0. The Bertz CT molecular complexity index is 953. The number of fused-ring (bicyclic) bond motifs is 1. The third kappa shape index (κ3) is 3.79. The van der Waals surface area contributed by atoms with Gasteiger partial charge in [0.2, 0.25) is 5.91 Å². The van der Waals surface area contributed by atoms with Gasteiger partial charge in [-0.05, 0) is 39.3 Å². The molecule has 0 aliphatic carbocycles.